The lowest BCUT2D eigenvalue weighted by atomic mass is 10.0. The van der Waals surface area contributed by atoms with Crippen LogP contribution in [0.1, 0.15) is 26.3 Å². The number of phenols is 1. The molecule has 0 saturated carbocycles. The molecule has 8 N–H and O–H groups in total. The molecule has 2 heterocycles. The number of esters is 1. The topological polar surface area (TPSA) is 199 Å². The Bertz CT molecular complexity index is 1590. The van der Waals surface area contributed by atoms with Gasteiger partial charge in [0.2, 0.25) is 11.6 Å². The number of hydrogen-bond donors (Lipinski definition) is 5. The number of hydrogen-bond acceptors (Lipinski definition) is 10. The number of carbonyl (C=O) groups excluding carboxylic acids is 1. The Kier molecular flexibility index (Phi) is 9.37. The second-order valence-corrected chi connectivity index (χ2v) is 10.3. The molecule has 1 saturated heterocycles. The minimum atomic E-state index is -1.16. The molecule has 1 aromatic heterocycles. The molecule has 1 aliphatic heterocycles. The van der Waals surface area contributed by atoms with Crippen LogP contribution in [0, 0.1) is 17.0 Å². The summed E-state index contributed by atoms with van der Waals surface area (Å²) in [6.45, 7) is 6.21. The van der Waals surface area contributed by atoms with Crippen molar-refractivity contribution in [2.24, 2.45) is 22.2 Å². The second kappa shape index (κ2) is 13.0. The number of amidine groups is 1. The summed E-state index contributed by atoms with van der Waals surface area (Å²) in [5.41, 5.74) is 15.5. The summed E-state index contributed by atoms with van der Waals surface area (Å²) in [6, 6.07) is 9.87. The summed E-state index contributed by atoms with van der Waals surface area (Å²) in [5.74, 6) is -5.12. The van der Waals surface area contributed by atoms with E-state index in [1.807, 2.05) is 4.90 Å². The largest absolute Gasteiger partial charge is 0.504 e. The summed E-state index contributed by atoms with van der Waals surface area (Å²) < 4.78 is 48.7. The third-order valence-corrected chi connectivity index (χ3v) is 6.92. The van der Waals surface area contributed by atoms with Crippen LogP contribution in [-0.2, 0) is 9.53 Å². The number of benzene rings is 2. The second-order valence-electron chi connectivity index (χ2n) is 10.3. The van der Waals surface area contributed by atoms with Crippen molar-refractivity contribution in [3.63, 3.8) is 0 Å². The monoisotopic (exact) mass is 612 g/mol. The Morgan fingerprint density at radius 2 is 1.70 bits per heavy atom. The van der Waals surface area contributed by atoms with Gasteiger partial charge in [0.1, 0.15) is 22.8 Å². The number of aromatic hydroxyl groups is 1. The third kappa shape index (κ3) is 6.89. The highest BCUT2D eigenvalue weighted by Gasteiger charge is 2.39. The number of nitrogen functional groups attached to an aromatic ring is 1. The van der Waals surface area contributed by atoms with Gasteiger partial charge in [0, 0.05) is 37.8 Å². The van der Waals surface area contributed by atoms with Crippen molar-refractivity contribution >= 4 is 29.1 Å². The molecule has 0 amide bonds. The quantitative estimate of drug-likeness (QED) is 0.128. The highest BCUT2D eigenvalue weighted by molar-refractivity contribution is 5.95. The number of ether oxygens (including phenoxy) is 3. The Morgan fingerprint density at radius 1 is 1.05 bits per heavy atom. The molecule has 3 aromatic rings. The number of pyridine rings is 1. The van der Waals surface area contributed by atoms with Crippen molar-refractivity contribution < 1.29 is 32.9 Å². The number of phenolic OH excluding ortho intramolecular Hbond substituents is 1. The van der Waals surface area contributed by atoms with Crippen molar-refractivity contribution in [3.05, 3.63) is 59.7 Å². The Hall–Kier alpha value is -5.18. The SMILES string of the molecule is CCOC(=O)C(C)(C)N1CCN(c2c(F)c(Oc3cccc(N=C(N)N)c3)nc(Oc3cc(C(=N)N)ccc3O)c2F)CC1. The molecule has 44 heavy (non-hydrogen) atoms. The molecule has 1 fully saturated rings. The van der Waals surface area contributed by atoms with Crippen LogP contribution in [-0.4, -0.2) is 71.1 Å². The number of aromatic nitrogens is 1. The van der Waals surface area contributed by atoms with E-state index >= 15 is 8.78 Å². The molecule has 2 aromatic carbocycles. The normalized spacial score (nSPS) is 13.7. The minimum absolute atomic E-state index is 0.0878. The first-order valence-corrected chi connectivity index (χ1v) is 13.6. The number of carbonyl (C=O) groups is 1. The number of rotatable bonds is 10. The van der Waals surface area contributed by atoms with Gasteiger partial charge in [-0.05, 0) is 51.1 Å². The number of nitrogens with two attached hydrogens (primary N) is 3. The van der Waals surface area contributed by atoms with Crippen molar-refractivity contribution in [1.82, 2.24) is 9.88 Å². The van der Waals surface area contributed by atoms with Crippen molar-refractivity contribution in [2.45, 2.75) is 26.3 Å². The van der Waals surface area contributed by atoms with Gasteiger partial charge in [0.25, 0.3) is 11.8 Å². The summed E-state index contributed by atoms with van der Waals surface area (Å²) >= 11 is 0. The van der Waals surface area contributed by atoms with E-state index in [0.717, 1.165) is 0 Å². The molecule has 0 aliphatic carbocycles. The number of piperazine rings is 1. The lowest BCUT2D eigenvalue weighted by Crippen LogP contribution is -2.58. The first-order chi connectivity index (χ1) is 20.8. The lowest BCUT2D eigenvalue weighted by Gasteiger charge is -2.43. The van der Waals surface area contributed by atoms with Crippen molar-refractivity contribution in [3.8, 4) is 29.0 Å². The van der Waals surface area contributed by atoms with Gasteiger partial charge in [-0.3, -0.25) is 15.1 Å². The zero-order valence-electron chi connectivity index (χ0n) is 24.4. The molecule has 13 nitrogen and oxygen atoms in total. The van der Waals surface area contributed by atoms with E-state index in [9.17, 15) is 9.90 Å². The summed E-state index contributed by atoms with van der Waals surface area (Å²) in [5, 5.41) is 18.0. The van der Waals surface area contributed by atoms with Crippen LogP contribution in [0.3, 0.4) is 0 Å². The van der Waals surface area contributed by atoms with E-state index < -0.39 is 46.3 Å². The smallest absolute Gasteiger partial charge is 0.325 e. The van der Waals surface area contributed by atoms with E-state index in [1.165, 1.54) is 35.2 Å². The highest BCUT2D eigenvalue weighted by atomic mass is 19.1. The van der Waals surface area contributed by atoms with E-state index in [1.54, 1.807) is 32.9 Å². The Morgan fingerprint density at radius 3 is 2.32 bits per heavy atom. The molecule has 0 radical (unpaired) electrons. The molecular weight excluding hydrogens is 578 g/mol. The van der Waals surface area contributed by atoms with Crippen LogP contribution in [0.25, 0.3) is 0 Å². The van der Waals surface area contributed by atoms with Gasteiger partial charge in [-0.2, -0.15) is 13.8 Å². The molecule has 4 rings (SSSR count). The fourth-order valence-electron chi connectivity index (χ4n) is 4.57. The van der Waals surface area contributed by atoms with Crippen molar-refractivity contribution in [2.75, 3.05) is 37.7 Å². The van der Waals surface area contributed by atoms with E-state index in [0.29, 0.717) is 5.69 Å². The third-order valence-electron chi connectivity index (χ3n) is 6.92. The van der Waals surface area contributed by atoms with Crippen LogP contribution in [0.5, 0.6) is 29.0 Å². The highest BCUT2D eigenvalue weighted by Crippen LogP contribution is 2.40. The standard InChI is InChI=1S/C29H34F2N8O5/c1-4-42-27(41)29(2,3)39-12-10-38(11-13-39)23-21(30)25(43-18-7-5-6-17(15-18)36-28(34)35)37-26(22(23)31)44-20-14-16(24(32)33)8-9-19(20)40/h5-9,14-15,40H,4,10-13H2,1-3H3,(H3,32,33)(H4,34,35,36). The molecule has 0 unspecified atom stereocenters. The fourth-order valence-corrected chi connectivity index (χ4v) is 4.57. The predicted octanol–water partition coefficient (Wildman–Crippen LogP) is 3.30. The zero-order chi connectivity index (χ0) is 32.2. The molecule has 0 atom stereocenters. The molecule has 234 valence electrons. The molecular formula is C29H34F2N8O5. The average molecular weight is 613 g/mol. The molecule has 0 bridgehead atoms. The van der Waals surface area contributed by atoms with E-state index in [4.69, 9.17) is 36.8 Å². The van der Waals surface area contributed by atoms with Crippen molar-refractivity contribution in [1.29, 1.82) is 5.41 Å². The Balaban J connectivity index is 1.74. The van der Waals surface area contributed by atoms with Crippen LogP contribution < -0.4 is 31.6 Å². The first kappa shape index (κ1) is 31.7. The number of halogens is 2. The molecule has 15 heteroatoms. The summed E-state index contributed by atoms with van der Waals surface area (Å²) in [6.07, 6.45) is 0. The number of nitrogens with one attached hydrogen (secondary N) is 1. The summed E-state index contributed by atoms with van der Waals surface area (Å²) in [4.78, 5) is 23.7. The number of nitrogens with zero attached hydrogens (tertiary/aromatic N) is 4. The Labute approximate surface area is 252 Å². The zero-order valence-corrected chi connectivity index (χ0v) is 24.4. The van der Waals surface area contributed by atoms with Gasteiger partial charge in [-0.25, -0.2) is 4.99 Å². The first-order valence-electron chi connectivity index (χ1n) is 13.6. The average Bonchev–Trinajstić information content (AvgIpc) is 2.97. The maximum Gasteiger partial charge on any atom is 0.325 e. The van der Waals surface area contributed by atoms with E-state index in [-0.39, 0.29) is 61.6 Å². The van der Waals surface area contributed by atoms with Gasteiger partial charge < -0.3 is 41.4 Å². The molecule has 1 aliphatic rings. The maximum atomic E-state index is 16.1. The van der Waals surface area contributed by atoms with Crippen LogP contribution in [0.2, 0.25) is 0 Å². The van der Waals surface area contributed by atoms with Crippen LogP contribution in [0.4, 0.5) is 20.2 Å². The van der Waals surface area contributed by atoms with Gasteiger partial charge in [0.15, 0.2) is 17.5 Å². The lowest BCUT2D eigenvalue weighted by molar-refractivity contribution is -0.156. The number of anilines is 1. The van der Waals surface area contributed by atoms with Gasteiger partial charge in [-0.15, -0.1) is 0 Å². The van der Waals surface area contributed by atoms with Gasteiger partial charge in [0.05, 0.1) is 12.3 Å². The van der Waals surface area contributed by atoms with Crippen LogP contribution >= 0.6 is 0 Å². The maximum absolute atomic E-state index is 16.1. The van der Waals surface area contributed by atoms with Gasteiger partial charge in [-0.1, -0.05) is 6.07 Å². The van der Waals surface area contributed by atoms with Gasteiger partial charge >= 0.3 is 5.97 Å². The number of guanidine groups is 1. The minimum Gasteiger partial charge on any atom is -0.504 e. The summed E-state index contributed by atoms with van der Waals surface area (Å²) in [7, 11) is 0. The van der Waals surface area contributed by atoms with Crippen LogP contribution in [0.15, 0.2) is 47.5 Å². The fraction of sp³-hybridized carbons (Fsp3) is 0.310. The van der Waals surface area contributed by atoms with E-state index in [2.05, 4.69) is 9.98 Å². The predicted molar refractivity (Wildman–Crippen MR) is 160 cm³/mol. The molecule has 0 spiro atoms. The number of aliphatic imine (C=N–C) groups is 1.